The number of carboxylic acids is 1. The van der Waals surface area contributed by atoms with Crippen LogP contribution in [0.2, 0.25) is 0 Å². The van der Waals surface area contributed by atoms with E-state index >= 15 is 0 Å². The van der Waals surface area contributed by atoms with E-state index in [1.807, 2.05) is 0 Å². The summed E-state index contributed by atoms with van der Waals surface area (Å²) < 4.78 is 0. The molecule has 0 aliphatic carbocycles. The molecule has 5 heteroatoms. The van der Waals surface area contributed by atoms with Crippen LogP contribution >= 0.6 is 0 Å². The summed E-state index contributed by atoms with van der Waals surface area (Å²) in [5.74, 6) is -0.452. The number of aliphatic carboxylic acids is 1. The third-order valence-electron chi connectivity index (χ3n) is 3.67. The highest BCUT2D eigenvalue weighted by Crippen LogP contribution is 2.19. The van der Waals surface area contributed by atoms with Gasteiger partial charge < -0.3 is 15.3 Å². The van der Waals surface area contributed by atoms with Crippen molar-refractivity contribution in [2.24, 2.45) is 5.92 Å². The van der Waals surface area contributed by atoms with Gasteiger partial charge in [-0.25, -0.2) is 9.59 Å². The van der Waals surface area contributed by atoms with Crippen LogP contribution < -0.4 is 5.32 Å². The number of carbonyl (C=O) groups is 2. The lowest BCUT2D eigenvalue weighted by Gasteiger charge is -2.30. The Labute approximate surface area is 102 Å². The molecule has 1 atom stereocenters. The molecule has 1 aliphatic heterocycles. The molecule has 0 radical (unpaired) electrons. The highest BCUT2D eigenvalue weighted by atomic mass is 16.4. The Bertz CT molecular complexity index is 300. The largest absolute Gasteiger partial charge is 0.480 e. The van der Waals surface area contributed by atoms with Crippen LogP contribution in [0, 0.1) is 5.92 Å². The Balaban J connectivity index is 2.68. The second kappa shape index (κ2) is 5.38. The van der Waals surface area contributed by atoms with Crippen molar-refractivity contribution in [3.8, 4) is 0 Å². The number of likely N-dealkylation sites (tertiary alicyclic amines) is 1. The zero-order valence-electron chi connectivity index (χ0n) is 10.8. The molecule has 17 heavy (non-hydrogen) atoms. The third-order valence-corrected chi connectivity index (χ3v) is 3.67. The number of nitrogens with one attached hydrogen (secondary N) is 1. The summed E-state index contributed by atoms with van der Waals surface area (Å²) in [5, 5.41) is 11.9. The van der Waals surface area contributed by atoms with Crippen LogP contribution in [0.25, 0.3) is 0 Å². The maximum atomic E-state index is 12.0. The van der Waals surface area contributed by atoms with Crippen molar-refractivity contribution in [3.05, 3.63) is 0 Å². The van der Waals surface area contributed by atoms with E-state index in [-0.39, 0.29) is 6.03 Å². The predicted molar refractivity (Wildman–Crippen MR) is 64.8 cm³/mol. The van der Waals surface area contributed by atoms with Gasteiger partial charge >= 0.3 is 12.0 Å². The van der Waals surface area contributed by atoms with Crippen molar-refractivity contribution in [2.75, 3.05) is 13.1 Å². The molecule has 1 aliphatic rings. The van der Waals surface area contributed by atoms with Gasteiger partial charge in [0.1, 0.15) is 5.54 Å². The van der Waals surface area contributed by atoms with E-state index < -0.39 is 11.5 Å². The minimum atomic E-state index is -1.12. The summed E-state index contributed by atoms with van der Waals surface area (Å²) in [7, 11) is 0. The molecule has 2 amide bonds. The van der Waals surface area contributed by atoms with Crippen LogP contribution in [0.15, 0.2) is 0 Å². The monoisotopic (exact) mass is 242 g/mol. The number of rotatable bonds is 4. The Morgan fingerprint density at radius 3 is 2.35 bits per heavy atom. The number of carbonyl (C=O) groups excluding carboxylic acids is 1. The van der Waals surface area contributed by atoms with Gasteiger partial charge in [0.05, 0.1) is 0 Å². The average molecular weight is 242 g/mol. The maximum absolute atomic E-state index is 12.0. The molecule has 1 saturated heterocycles. The molecular weight excluding hydrogens is 220 g/mol. The molecule has 2 N–H and O–H groups in total. The molecule has 98 valence electrons. The zero-order valence-corrected chi connectivity index (χ0v) is 10.8. The van der Waals surface area contributed by atoms with Crippen LogP contribution in [0.3, 0.4) is 0 Å². The standard InChI is InChI=1S/C12H22N2O3/c1-4-12(5-2,10(15)16)13-11(17)14-7-6-9(3)8-14/h9H,4-8H2,1-3H3,(H,13,17)(H,15,16). The van der Waals surface area contributed by atoms with Crippen molar-refractivity contribution < 1.29 is 14.7 Å². The number of carboxylic acid groups (broad SMARTS) is 1. The minimum Gasteiger partial charge on any atom is -0.480 e. The van der Waals surface area contributed by atoms with E-state index in [4.69, 9.17) is 0 Å². The normalized spacial score (nSPS) is 20.4. The second-order valence-corrected chi connectivity index (χ2v) is 4.86. The molecular formula is C12H22N2O3. The Kier molecular flexibility index (Phi) is 4.37. The molecule has 1 unspecified atom stereocenters. The highest BCUT2D eigenvalue weighted by Gasteiger charge is 2.38. The van der Waals surface area contributed by atoms with Crippen LogP contribution in [0.4, 0.5) is 4.79 Å². The summed E-state index contributed by atoms with van der Waals surface area (Å²) in [4.78, 5) is 24.9. The Morgan fingerprint density at radius 2 is 2.00 bits per heavy atom. The predicted octanol–water partition coefficient (Wildman–Crippen LogP) is 1.68. The number of hydrogen-bond donors (Lipinski definition) is 2. The van der Waals surface area contributed by atoms with Crippen molar-refractivity contribution in [3.63, 3.8) is 0 Å². The minimum absolute atomic E-state index is 0.250. The quantitative estimate of drug-likeness (QED) is 0.788. The molecule has 0 spiro atoms. The average Bonchev–Trinajstić information content (AvgIpc) is 2.72. The van der Waals surface area contributed by atoms with Crippen LogP contribution in [0.5, 0.6) is 0 Å². The first-order valence-electron chi connectivity index (χ1n) is 6.25. The SMILES string of the molecule is CCC(CC)(NC(=O)N1CCC(C)C1)C(=O)O. The van der Waals surface area contributed by atoms with Gasteiger partial charge in [-0.1, -0.05) is 20.8 Å². The number of urea groups is 1. The fourth-order valence-corrected chi connectivity index (χ4v) is 2.19. The van der Waals surface area contributed by atoms with E-state index in [1.165, 1.54) is 0 Å². The number of amides is 2. The fraction of sp³-hybridized carbons (Fsp3) is 0.833. The first-order chi connectivity index (χ1) is 7.95. The maximum Gasteiger partial charge on any atom is 0.329 e. The van der Waals surface area contributed by atoms with Gasteiger partial charge in [0, 0.05) is 13.1 Å². The van der Waals surface area contributed by atoms with Gasteiger partial charge in [0.2, 0.25) is 0 Å². The molecule has 1 heterocycles. The van der Waals surface area contributed by atoms with E-state index in [0.717, 1.165) is 19.5 Å². The first kappa shape index (κ1) is 13.8. The molecule has 0 aromatic rings. The summed E-state index contributed by atoms with van der Waals surface area (Å²) in [6.07, 6.45) is 1.79. The molecule has 5 nitrogen and oxygen atoms in total. The van der Waals surface area contributed by atoms with Gasteiger partial charge in [-0.2, -0.15) is 0 Å². The number of nitrogens with zero attached hydrogens (tertiary/aromatic N) is 1. The lowest BCUT2D eigenvalue weighted by atomic mass is 9.93. The van der Waals surface area contributed by atoms with Crippen molar-refractivity contribution >= 4 is 12.0 Å². The smallest absolute Gasteiger partial charge is 0.329 e. The van der Waals surface area contributed by atoms with Crippen LogP contribution in [0.1, 0.15) is 40.0 Å². The summed E-state index contributed by atoms with van der Waals surface area (Å²) in [6, 6.07) is -0.250. The lowest BCUT2D eigenvalue weighted by Crippen LogP contribution is -2.57. The highest BCUT2D eigenvalue weighted by molar-refractivity contribution is 5.86. The van der Waals surface area contributed by atoms with Crippen molar-refractivity contribution in [2.45, 2.75) is 45.6 Å². The van der Waals surface area contributed by atoms with E-state index in [0.29, 0.717) is 18.8 Å². The summed E-state index contributed by atoms with van der Waals surface area (Å²) >= 11 is 0. The van der Waals surface area contributed by atoms with Crippen molar-refractivity contribution in [1.29, 1.82) is 0 Å². The van der Waals surface area contributed by atoms with Gasteiger partial charge in [-0.15, -0.1) is 0 Å². The molecule has 1 fully saturated rings. The Morgan fingerprint density at radius 1 is 1.41 bits per heavy atom. The van der Waals surface area contributed by atoms with Gasteiger partial charge in [-0.3, -0.25) is 0 Å². The zero-order chi connectivity index (χ0) is 13.1. The lowest BCUT2D eigenvalue weighted by molar-refractivity contribution is -0.144. The van der Waals surface area contributed by atoms with Crippen molar-refractivity contribution in [1.82, 2.24) is 10.2 Å². The first-order valence-corrected chi connectivity index (χ1v) is 6.25. The summed E-state index contributed by atoms with van der Waals surface area (Å²) in [6.45, 7) is 7.09. The molecule has 1 rings (SSSR count). The third kappa shape index (κ3) is 2.90. The van der Waals surface area contributed by atoms with Crippen LogP contribution in [-0.2, 0) is 4.79 Å². The van der Waals surface area contributed by atoms with Crippen LogP contribution in [-0.4, -0.2) is 40.6 Å². The topological polar surface area (TPSA) is 69.6 Å². The van der Waals surface area contributed by atoms with Gasteiger partial charge in [0.25, 0.3) is 0 Å². The fourth-order valence-electron chi connectivity index (χ4n) is 2.19. The van der Waals surface area contributed by atoms with E-state index in [9.17, 15) is 14.7 Å². The molecule has 0 aromatic heterocycles. The molecule has 0 aromatic carbocycles. The van der Waals surface area contributed by atoms with E-state index in [2.05, 4.69) is 12.2 Å². The second-order valence-electron chi connectivity index (χ2n) is 4.86. The molecule has 0 bridgehead atoms. The van der Waals surface area contributed by atoms with Gasteiger partial charge in [-0.05, 0) is 25.2 Å². The number of hydrogen-bond acceptors (Lipinski definition) is 2. The molecule has 0 saturated carbocycles. The van der Waals surface area contributed by atoms with Gasteiger partial charge in [0.15, 0.2) is 0 Å². The Hall–Kier alpha value is -1.26. The summed E-state index contributed by atoms with van der Waals surface area (Å²) in [5.41, 5.74) is -1.12. The van der Waals surface area contributed by atoms with E-state index in [1.54, 1.807) is 18.7 Å².